The van der Waals surface area contributed by atoms with Crippen LogP contribution in [0.2, 0.25) is 5.02 Å². The molecule has 2 amide bonds. The van der Waals surface area contributed by atoms with Crippen LogP contribution in [0.3, 0.4) is 0 Å². The van der Waals surface area contributed by atoms with Crippen molar-refractivity contribution in [1.82, 2.24) is 5.32 Å². The van der Waals surface area contributed by atoms with Crippen LogP contribution in [-0.2, 0) is 20.4 Å². The number of carbonyl (C=O) groups excluding carboxylic acids is 2. The number of rotatable bonds is 5. The quantitative estimate of drug-likeness (QED) is 0.770. The molecule has 1 fully saturated rings. The summed E-state index contributed by atoms with van der Waals surface area (Å²) in [5.74, 6) is -0.553. The first-order chi connectivity index (χ1) is 13.2. The van der Waals surface area contributed by atoms with Crippen LogP contribution in [0.1, 0.15) is 15.9 Å². The van der Waals surface area contributed by atoms with Gasteiger partial charge in [-0.25, -0.2) is 8.42 Å². The lowest BCUT2D eigenvalue weighted by Crippen LogP contribution is -2.47. The van der Waals surface area contributed by atoms with Crippen molar-refractivity contribution in [3.63, 3.8) is 0 Å². The number of hydrogen-bond donors (Lipinski definition) is 2. The van der Waals surface area contributed by atoms with Gasteiger partial charge in [0.05, 0.1) is 23.0 Å². The molecule has 2 aromatic carbocycles. The number of carbonyl (C=O) groups is 2. The number of sulfone groups is 1. The maximum atomic E-state index is 12.5. The highest BCUT2D eigenvalue weighted by molar-refractivity contribution is 7.89. The standard InChI is InChI=1S/C19H20ClN3O4S/c1-28(26,27)12-13-3-2-4-14(9-13)19(25)22-15-5-6-17(16(20)10-15)23-8-7-21-18(24)11-23/h2-6,9-10H,7-8,11-12H2,1H3,(H,21,24)(H,22,25). The van der Waals surface area contributed by atoms with Crippen molar-refractivity contribution in [2.45, 2.75) is 5.75 Å². The number of nitrogens with one attached hydrogen (secondary N) is 2. The highest BCUT2D eigenvalue weighted by atomic mass is 35.5. The van der Waals surface area contributed by atoms with E-state index in [1.807, 2.05) is 4.90 Å². The van der Waals surface area contributed by atoms with Crippen LogP contribution in [0.25, 0.3) is 0 Å². The molecule has 2 N–H and O–H groups in total. The third-order valence-electron chi connectivity index (χ3n) is 4.20. The molecule has 0 spiro atoms. The van der Waals surface area contributed by atoms with Crippen LogP contribution in [-0.4, -0.2) is 46.1 Å². The number of hydrogen-bond acceptors (Lipinski definition) is 5. The molecule has 0 atom stereocenters. The van der Waals surface area contributed by atoms with Gasteiger partial charge < -0.3 is 15.5 Å². The van der Waals surface area contributed by atoms with Crippen molar-refractivity contribution in [2.24, 2.45) is 0 Å². The van der Waals surface area contributed by atoms with Gasteiger partial charge in [0.2, 0.25) is 5.91 Å². The second kappa shape index (κ2) is 8.20. The number of piperazine rings is 1. The molecule has 9 heteroatoms. The number of halogens is 1. The van der Waals surface area contributed by atoms with Gasteiger partial charge in [-0.05, 0) is 35.9 Å². The number of amides is 2. The number of benzene rings is 2. The topological polar surface area (TPSA) is 95.6 Å². The predicted octanol–water partition coefficient (Wildman–Crippen LogP) is 2.07. The Hall–Kier alpha value is -2.58. The van der Waals surface area contributed by atoms with Crippen molar-refractivity contribution in [1.29, 1.82) is 0 Å². The van der Waals surface area contributed by atoms with E-state index >= 15 is 0 Å². The summed E-state index contributed by atoms with van der Waals surface area (Å²) < 4.78 is 22.9. The Labute approximate surface area is 168 Å². The fraction of sp³-hybridized carbons (Fsp3) is 0.263. The summed E-state index contributed by atoms with van der Waals surface area (Å²) in [5.41, 5.74) is 2.14. The molecule has 28 heavy (non-hydrogen) atoms. The van der Waals surface area contributed by atoms with Crippen LogP contribution >= 0.6 is 11.6 Å². The maximum absolute atomic E-state index is 12.5. The summed E-state index contributed by atoms with van der Waals surface area (Å²) in [5, 5.41) is 5.94. The molecule has 2 aromatic rings. The molecule has 0 saturated carbocycles. The van der Waals surface area contributed by atoms with E-state index in [9.17, 15) is 18.0 Å². The van der Waals surface area contributed by atoms with Crippen LogP contribution in [0, 0.1) is 0 Å². The van der Waals surface area contributed by atoms with E-state index in [0.29, 0.717) is 34.9 Å². The van der Waals surface area contributed by atoms with E-state index in [1.165, 1.54) is 0 Å². The minimum absolute atomic E-state index is 0.0614. The lowest BCUT2D eigenvalue weighted by molar-refractivity contribution is -0.120. The van der Waals surface area contributed by atoms with E-state index in [4.69, 9.17) is 11.6 Å². The molecule has 0 radical (unpaired) electrons. The number of anilines is 2. The molecule has 0 aromatic heterocycles. The van der Waals surface area contributed by atoms with Gasteiger partial charge in [0.25, 0.3) is 5.91 Å². The summed E-state index contributed by atoms with van der Waals surface area (Å²) in [6.45, 7) is 1.44. The SMILES string of the molecule is CS(=O)(=O)Cc1cccc(C(=O)Nc2ccc(N3CCNC(=O)C3)c(Cl)c2)c1. The smallest absolute Gasteiger partial charge is 0.255 e. The summed E-state index contributed by atoms with van der Waals surface area (Å²) in [6, 6.07) is 11.6. The van der Waals surface area contributed by atoms with E-state index < -0.39 is 9.84 Å². The molecule has 1 aliphatic rings. The summed E-state index contributed by atoms with van der Waals surface area (Å²) >= 11 is 6.35. The predicted molar refractivity (Wildman–Crippen MR) is 110 cm³/mol. The minimum Gasteiger partial charge on any atom is -0.359 e. The molecule has 0 bridgehead atoms. The van der Waals surface area contributed by atoms with E-state index in [2.05, 4.69) is 10.6 Å². The Morgan fingerprint density at radius 2 is 2.04 bits per heavy atom. The molecule has 1 saturated heterocycles. The summed E-state index contributed by atoms with van der Waals surface area (Å²) in [6.07, 6.45) is 1.15. The molecule has 1 heterocycles. The zero-order valence-electron chi connectivity index (χ0n) is 15.2. The minimum atomic E-state index is -3.19. The van der Waals surface area contributed by atoms with Crippen molar-refractivity contribution in [3.05, 3.63) is 58.6 Å². The summed E-state index contributed by atoms with van der Waals surface area (Å²) in [4.78, 5) is 25.9. The van der Waals surface area contributed by atoms with Gasteiger partial charge in [-0.1, -0.05) is 23.7 Å². The zero-order valence-corrected chi connectivity index (χ0v) is 16.8. The lowest BCUT2D eigenvalue weighted by Gasteiger charge is -2.29. The third-order valence-corrected chi connectivity index (χ3v) is 5.36. The van der Waals surface area contributed by atoms with Gasteiger partial charge in [0, 0.05) is 30.6 Å². The Morgan fingerprint density at radius 3 is 2.71 bits per heavy atom. The number of nitrogens with zero attached hydrogens (tertiary/aromatic N) is 1. The molecular weight excluding hydrogens is 402 g/mol. The zero-order chi connectivity index (χ0) is 20.3. The fourth-order valence-electron chi connectivity index (χ4n) is 2.99. The van der Waals surface area contributed by atoms with Crippen LogP contribution in [0.4, 0.5) is 11.4 Å². The molecular formula is C19H20ClN3O4S. The van der Waals surface area contributed by atoms with Gasteiger partial charge >= 0.3 is 0 Å². The Bertz CT molecular complexity index is 1020. The molecule has 0 unspecified atom stereocenters. The van der Waals surface area contributed by atoms with Crippen molar-refractivity contribution >= 4 is 44.6 Å². The van der Waals surface area contributed by atoms with Crippen LogP contribution in [0.15, 0.2) is 42.5 Å². The average Bonchev–Trinajstić information content (AvgIpc) is 2.60. The molecule has 3 rings (SSSR count). The van der Waals surface area contributed by atoms with Crippen molar-refractivity contribution in [2.75, 3.05) is 36.1 Å². The molecule has 0 aliphatic carbocycles. The van der Waals surface area contributed by atoms with Gasteiger partial charge in [0.15, 0.2) is 9.84 Å². The molecule has 1 aliphatic heterocycles. The highest BCUT2D eigenvalue weighted by Crippen LogP contribution is 2.29. The van der Waals surface area contributed by atoms with Gasteiger partial charge in [-0.2, -0.15) is 0 Å². The maximum Gasteiger partial charge on any atom is 0.255 e. The average molecular weight is 422 g/mol. The van der Waals surface area contributed by atoms with E-state index in [1.54, 1.807) is 42.5 Å². The Morgan fingerprint density at radius 1 is 1.25 bits per heavy atom. The second-order valence-corrected chi connectivity index (χ2v) is 9.21. The van der Waals surface area contributed by atoms with Gasteiger partial charge in [0.1, 0.15) is 0 Å². The van der Waals surface area contributed by atoms with Crippen molar-refractivity contribution < 1.29 is 18.0 Å². The first-order valence-corrected chi connectivity index (χ1v) is 11.0. The first kappa shape index (κ1) is 20.2. The van der Waals surface area contributed by atoms with Crippen molar-refractivity contribution in [3.8, 4) is 0 Å². The lowest BCUT2D eigenvalue weighted by atomic mass is 10.1. The van der Waals surface area contributed by atoms with E-state index in [-0.39, 0.29) is 24.1 Å². The Kier molecular flexibility index (Phi) is 5.90. The monoisotopic (exact) mass is 421 g/mol. The van der Waals surface area contributed by atoms with Gasteiger partial charge in [-0.15, -0.1) is 0 Å². The summed E-state index contributed by atoms with van der Waals surface area (Å²) in [7, 11) is -3.19. The first-order valence-electron chi connectivity index (χ1n) is 8.60. The normalized spacial score (nSPS) is 14.5. The largest absolute Gasteiger partial charge is 0.359 e. The van der Waals surface area contributed by atoms with E-state index in [0.717, 1.165) is 11.9 Å². The molecule has 7 nitrogen and oxygen atoms in total. The van der Waals surface area contributed by atoms with Gasteiger partial charge in [-0.3, -0.25) is 9.59 Å². The Balaban J connectivity index is 1.73. The highest BCUT2D eigenvalue weighted by Gasteiger charge is 2.19. The van der Waals surface area contributed by atoms with Crippen LogP contribution in [0.5, 0.6) is 0 Å². The van der Waals surface area contributed by atoms with Crippen LogP contribution < -0.4 is 15.5 Å². The fourth-order valence-corrected chi connectivity index (χ4v) is 4.08. The third kappa shape index (κ3) is 5.24. The second-order valence-electron chi connectivity index (χ2n) is 6.66. The molecule has 148 valence electrons.